The third-order valence-corrected chi connectivity index (χ3v) is 8.08. The number of aromatic nitrogens is 4. The second kappa shape index (κ2) is 8.06. The lowest BCUT2D eigenvalue weighted by atomic mass is 10.1. The second-order valence-electron chi connectivity index (χ2n) is 9.01. The number of thiophene rings is 2. The molecule has 170 valence electrons. The first-order valence-corrected chi connectivity index (χ1v) is 12.7. The van der Waals surface area contributed by atoms with Gasteiger partial charge < -0.3 is 20.6 Å². The van der Waals surface area contributed by atoms with Crippen LogP contribution in [0, 0.1) is 35.5 Å². The maximum atomic E-state index is 4.77. The van der Waals surface area contributed by atoms with Crippen LogP contribution in [0.1, 0.15) is 65.9 Å². The van der Waals surface area contributed by atoms with Crippen molar-refractivity contribution < 1.29 is 5.71 Å². The van der Waals surface area contributed by atoms with E-state index >= 15 is 0 Å². The lowest BCUT2D eigenvalue weighted by Gasteiger charge is -2.05. The smallest absolute Gasteiger partial charge is 0.143 e. The first kappa shape index (κ1) is 20.0. The van der Waals surface area contributed by atoms with E-state index in [1.165, 1.54) is 0 Å². The normalized spacial score (nSPS) is 25.2. The number of H-pyrrole nitrogens is 2. The SMILES string of the molecule is CC1CNC(c2nc3sc(C#CC#Cc4cc5[nH]c([C@@H]6CC(C)CN6)nc5s4)cc3[nH]2)C1.[HH].[HH].[HH].[HH]. The maximum absolute atomic E-state index is 4.77. The third kappa shape index (κ3) is 3.85. The van der Waals surface area contributed by atoms with Crippen molar-refractivity contribution in [3.63, 3.8) is 0 Å². The highest BCUT2D eigenvalue weighted by Gasteiger charge is 2.26. The van der Waals surface area contributed by atoms with Crippen molar-refractivity contribution >= 4 is 43.4 Å². The molecular weight excluding hydrogens is 436 g/mol. The molecule has 6 rings (SSSR count). The highest BCUT2D eigenvalue weighted by molar-refractivity contribution is 7.19. The van der Waals surface area contributed by atoms with Crippen molar-refractivity contribution in [1.82, 2.24) is 30.6 Å². The van der Waals surface area contributed by atoms with Gasteiger partial charge in [-0.2, -0.15) is 0 Å². The fourth-order valence-corrected chi connectivity index (χ4v) is 6.24. The summed E-state index contributed by atoms with van der Waals surface area (Å²) < 4.78 is 0. The van der Waals surface area contributed by atoms with Gasteiger partial charge in [0, 0.05) is 5.71 Å². The molecule has 2 aliphatic heterocycles. The van der Waals surface area contributed by atoms with Crippen LogP contribution in [-0.2, 0) is 0 Å². The van der Waals surface area contributed by atoms with Gasteiger partial charge >= 0.3 is 0 Å². The Balaban J connectivity index is 0.00000114. The molecule has 0 radical (unpaired) electrons. The van der Waals surface area contributed by atoms with Gasteiger partial charge in [0.2, 0.25) is 0 Å². The van der Waals surface area contributed by atoms with E-state index in [0.717, 1.165) is 68.0 Å². The van der Waals surface area contributed by atoms with Crippen molar-refractivity contribution in [2.75, 3.05) is 13.1 Å². The molecule has 32 heavy (non-hydrogen) atoms. The first-order chi connectivity index (χ1) is 15.6. The Labute approximate surface area is 200 Å². The summed E-state index contributed by atoms with van der Waals surface area (Å²) in [4.78, 5) is 20.4. The molecule has 2 saturated heterocycles. The molecule has 0 bridgehead atoms. The molecule has 0 amide bonds. The molecule has 4 aromatic heterocycles. The van der Waals surface area contributed by atoms with Gasteiger partial charge in [0.1, 0.15) is 21.3 Å². The molecule has 6 nitrogen and oxygen atoms in total. The number of hydrogen-bond acceptors (Lipinski definition) is 6. The predicted octanol–water partition coefficient (Wildman–Crippen LogP) is 5.29. The van der Waals surface area contributed by atoms with Crippen molar-refractivity contribution in [2.45, 2.75) is 38.8 Å². The molecular formula is C24H32N6S2. The van der Waals surface area contributed by atoms with E-state index in [9.17, 15) is 0 Å². The van der Waals surface area contributed by atoms with Crippen molar-refractivity contribution in [3.05, 3.63) is 33.5 Å². The van der Waals surface area contributed by atoms with Crippen LogP contribution in [0.15, 0.2) is 12.1 Å². The summed E-state index contributed by atoms with van der Waals surface area (Å²) >= 11 is 3.23. The number of fused-ring (bicyclic) bond motifs is 2. The molecule has 0 aromatic carbocycles. The molecule has 8 heteroatoms. The van der Waals surface area contributed by atoms with Gasteiger partial charge in [-0.15, -0.1) is 22.7 Å². The minimum atomic E-state index is 0. The minimum absolute atomic E-state index is 0. The molecule has 4 atom stereocenters. The van der Waals surface area contributed by atoms with Crippen molar-refractivity contribution in [1.29, 1.82) is 0 Å². The zero-order valence-corrected chi connectivity index (χ0v) is 19.6. The van der Waals surface area contributed by atoms with E-state index in [2.05, 4.69) is 70.3 Å². The van der Waals surface area contributed by atoms with Gasteiger partial charge in [0.15, 0.2) is 0 Å². The number of nitrogens with one attached hydrogen (secondary N) is 4. The van der Waals surface area contributed by atoms with Gasteiger partial charge in [-0.1, -0.05) is 13.8 Å². The Morgan fingerprint density at radius 3 is 1.66 bits per heavy atom. The Bertz CT molecular complexity index is 1260. The van der Waals surface area contributed by atoms with E-state index in [1.54, 1.807) is 22.7 Å². The van der Waals surface area contributed by atoms with E-state index in [1.807, 2.05) is 0 Å². The topological polar surface area (TPSA) is 81.4 Å². The number of nitrogens with zero attached hydrogens (tertiary/aromatic N) is 2. The van der Waals surface area contributed by atoms with Gasteiger partial charge in [-0.3, -0.25) is 0 Å². The first-order valence-electron chi connectivity index (χ1n) is 11.1. The molecule has 0 saturated carbocycles. The Morgan fingerprint density at radius 2 is 1.28 bits per heavy atom. The van der Waals surface area contributed by atoms with Gasteiger partial charge in [-0.25, -0.2) is 9.97 Å². The van der Waals surface area contributed by atoms with Crippen LogP contribution in [0.4, 0.5) is 0 Å². The maximum Gasteiger partial charge on any atom is 0.143 e. The standard InChI is InChI=1S/C24H24N6S2.4H2/c1-13-7-17(25-11-13)21-27-19-9-15(31-23(19)29-21)5-3-4-6-16-10-20-24(32-16)30-22(28-20)18-8-14(2)12-26-18;;;;/h9-10,13-14,17-18,25-26H,7-8,11-12H2,1-2H3,(H,27,29)(H,28,30);4*1H/t13?,14?,17-,18?;;;;/m0..../s1. The average Bonchev–Trinajstić information content (AvgIpc) is 3.54. The minimum Gasteiger partial charge on any atom is -0.340 e. The number of hydrogen-bond donors (Lipinski definition) is 4. The summed E-state index contributed by atoms with van der Waals surface area (Å²) in [6, 6.07) is 4.82. The van der Waals surface area contributed by atoms with Crippen LogP contribution in [0.5, 0.6) is 0 Å². The highest BCUT2D eigenvalue weighted by atomic mass is 32.1. The van der Waals surface area contributed by atoms with E-state index in [-0.39, 0.29) is 5.71 Å². The van der Waals surface area contributed by atoms with E-state index in [4.69, 9.17) is 9.97 Å². The molecule has 2 fully saturated rings. The molecule has 4 N–H and O–H groups in total. The fourth-order valence-electron chi connectivity index (χ4n) is 4.54. The van der Waals surface area contributed by atoms with Crippen molar-refractivity contribution in [3.8, 4) is 23.7 Å². The lowest BCUT2D eigenvalue weighted by Crippen LogP contribution is -2.14. The van der Waals surface area contributed by atoms with Crippen LogP contribution in [-0.4, -0.2) is 33.0 Å². The van der Waals surface area contributed by atoms with Gasteiger partial charge in [0.25, 0.3) is 0 Å². The Hall–Kier alpha value is -2.62. The summed E-state index contributed by atoms with van der Waals surface area (Å²) in [5.41, 5.74) is 2.12. The van der Waals surface area contributed by atoms with Crippen LogP contribution >= 0.6 is 22.7 Å². The predicted molar refractivity (Wildman–Crippen MR) is 139 cm³/mol. The third-order valence-electron chi connectivity index (χ3n) is 6.19. The largest absolute Gasteiger partial charge is 0.340 e. The quantitative estimate of drug-likeness (QED) is 0.301. The number of aromatic amines is 2. The molecule has 2 aliphatic rings. The summed E-state index contributed by atoms with van der Waals surface area (Å²) in [5, 5.41) is 7.06. The van der Waals surface area contributed by atoms with Gasteiger partial charge in [-0.05, 0) is 73.6 Å². The van der Waals surface area contributed by atoms with Gasteiger partial charge in [0.05, 0.1) is 32.9 Å². The van der Waals surface area contributed by atoms with Crippen LogP contribution in [0.25, 0.3) is 20.7 Å². The summed E-state index contributed by atoms with van der Waals surface area (Å²) in [5.74, 6) is 15.8. The van der Waals surface area contributed by atoms with Crippen molar-refractivity contribution in [2.24, 2.45) is 11.8 Å². The number of rotatable bonds is 2. The second-order valence-corrected chi connectivity index (χ2v) is 11.1. The van der Waals surface area contributed by atoms with Crippen LogP contribution < -0.4 is 10.6 Å². The lowest BCUT2D eigenvalue weighted by molar-refractivity contribution is 0.589. The summed E-state index contributed by atoms with van der Waals surface area (Å²) in [7, 11) is 0. The molecule has 6 heterocycles. The Kier molecular flexibility index (Phi) is 5.04. The fraction of sp³-hybridized carbons (Fsp3) is 0.417. The summed E-state index contributed by atoms with van der Waals surface area (Å²) in [6.07, 6.45) is 2.27. The Morgan fingerprint density at radius 1 is 0.812 bits per heavy atom. The summed E-state index contributed by atoms with van der Waals surface area (Å²) in [6.45, 7) is 6.66. The van der Waals surface area contributed by atoms with E-state index in [0.29, 0.717) is 23.9 Å². The molecule has 3 unspecified atom stereocenters. The number of imidazole rings is 2. The molecule has 0 spiro atoms. The van der Waals surface area contributed by atoms with E-state index < -0.39 is 0 Å². The average molecular weight is 469 g/mol. The molecule has 0 aliphatic carbocycles. The monoisotopic (exact) mass is 468 g/mol. The zero-order valence-electron chi connectivity index (χ0n) is 18.0. The zero-order chi connectivity index (χ0) is 21.7. The van der Waals surface area contributed by atoms with Crippen LogP contribution in [0.2, 0.25) is 0 Å². The highest BCUT2D eigenvalue weighted by Crippen LogP contribution is 2.31. The molecule has 4 aromatic rings. The van der Waals surface area contributed by atoms with Crippen LogP contribution in [0.3, 0.4) is 0 Å².